The van der Waals surface area contributed by atoms with Crippen molar-refractivity contribution in [2.45, 2.75) is 71.1 Å². The van der Waals surface area contributed by atoms with E-state index in [0.29, 0.717) is 6.54 Å². The highest BCUT2D eigenvalue weighted by Crippen LogP contribution is 2.28. The molecule has 0 aromatic heterocycles. The second kappa shape index (κ2) is 8.19. The van der Waals surface area contributed by atoms with Gasteiger partial charge in [-0.25, -0.2) is 4.79 Å². The molecule has 3 nitrogen and oxygen atoms in total. The summed E-state index contributed by atoms with van der Waals surface area (Å²) in [6, 6.07) is 6.49. The zero-order chi connectivity index (χ0) is 17.0. The minimum absolute atomic E-state index is 0.194. The molecule has 1 amide bonds. The lowest BCUT2D eigenvalue weighted by molar-refractivity contribution is 0.00983. The standard InChI is InChI=1S/C18H25BrINO2/c1-18(2,3)23-17(22)21(15-7-5-4-6-8-15)12-13-11-14(19)9-10-16(13)20/h9-11,15H,4-8,12H2,1-3H3. The molecule has 0 radical (unpaired) electrons. The number of carbonyl (C=O) groups is 1. The first-order valence-corrected chi connectivity index (χ1v) is 10.1. The van der Waals surface area contributed by atoms with Gasteiger partial charge in [0.25, 0.3) is 0 Å². The first kappa shape index (κ1) is 19.0. The third kappa shape index (κ3) is 5.93. The van der Waals surface area contributed by atoms with Crippen LogP contribution in [0, 0.1) is 3.57 Å². The summed E-state index contributed by atoms with van der Waals surface area (Å²) in [6.07, 6.45) is 5.61. The molecule has 0 heterocycles. The van der Waals surface area contributed by atoms with E-state index in [2.05, 4.69) is 50.7 Å². The van der Waals surface area contributed by atoms with E-state index in [4.69, 9.17) is 4.74 Å². The van der Waals surface area contributed by atoms with Gasteiger partial charge in [-0.05, 0) is 80.0 Å². The molecule has 0 N–H and O–H groups in total. The fourth-order valence-corrected chi connectivity index (χ4v) is 3.82. The first-order chi connectivity index (χ1) is 10.8. The Morgan fingerprint density at radius 1 is 1.30 bits per heavy atom. The van der Waals surface area contributed by atoms with Crippen molar-refractivity contribution in [3.8, 4) is 0 Å². The average molecular weight is 494 g/mol. The number of hydrogen-bond acceptors (Lipinski definition) is 2. The van der Waals surface area contributed by atoms with Gasteiger partial charge in [-0.1, -0.05) is 35.2 Å². The van der Waals surface area contributed by atoms with Crippen LogP contribution in [0.3, 0.4) is 0 Å². The zero-order valence-electron chi connectivity index (χ0n) is 14.1. The third-order valence-corrected chi connectivity index (χ3v) is 5.54. The summed E-state index contributed by atoms with van der Waals surface area (Å²) in [5, 5.41) is 0. The fourth-order valence-electron chi connectivity index (χ4n) is 2.90. The number of amides is 1. The van der Waals surface area contributed by atoms with Crippen molar-refractivity contribution in [2.24, 2.45) is 0 Å². The van der Waals surface area contributed by atoms with Crippen LogP contribution in [-0.2, 0) is 11.3 Å². The van der Waals surface area contributed by atoms with Gasteiger partial charge in [0.05, 0.1) is 6.54 Å². The number of benzene rings is 1. The summed E-state index contributed by atoms with van der Waals surface area (Å²) in [4.78, 5) is 14.7. The van der Waals surface area contributed by atoms with Crippen molar-refractivity contribution >= 4 is 44.6 Å². The topological polar surface area (TPSA) is 29.5 Å². The Balaban J connectivity index is 2.21. The predicted molar refractivity (Wildman–Crippen MR) is 106 cm³/mol. The van der Waals surface area contributed by atoms with E-state index >= 15 is 0 Å². The number of rotatable bonds is 3. The maximum atomic E-state index is 12.7. The van der Waals surface area contributed by atoms with E-state index < -0.39 is 5.60 Å². The Hall–Kier alpha value is -0.300. The number of carbonyl (C=O) groups excluding carboxylic acids is 1. The highest BCUT2D eigenvalue weighted by Gasteiger charge is 2.29. The van der Waals surface area contributed by atoms with Gasteiger partial charge < -0.3 is 9.64 Å². The third-order valence-electron chi connectivity index (χ3n) is 3.99. The van der Waals surface area contributed by atoms with Gasteiger partial charge in [0.2, 0.25) is 0 Å². The second-order valence-electron chi connectivity index (χ2n) is 7.14. The highest BCUT2D eigenvalue weighted by atomic mass is 127. The molecule has 1 aromatic carbocycles. The molecule has 1 fully saturated rings. The Morgan fingerprint density at radius 2 is 1.96 bits per heavy atom. The number of halogens is 2. The molecule has 2 rings (SSSR count). The van der Waals surface area contributed by atoms with Crippen LogP contribution in [0.5, 0.6) is 0 Å². The SMILES string of the molecule is CC(C)(C)OC(=O)N(Cc1cc(Br)ccc1I)C1CCCCC1. The van der Waals surface area contributed by atoms with Crippen molar-refractivity contribution in [3.05, 3.63) is 31.8 Å². The normalized spacial score (nSPS) is 16.2. The van der Waals surface area contributed by atoms with Crippen molar-refractivity contribution in [2.75, 3.05) is 0 Å². The molecule has 0 spiro atoms. The van der Waals surface area contributed by atoms with Crippen LogP contribution >= 0.6 is 38.5 Å². The summed E-state index contributed by atoms with van der Waals surface area (Å²) < 4.78 is 7.89. The van der Waals surface area contributed by atoms with Crippen molar-refractivity contribution in [1.82, 2.24) is 4.90 Å². The van der Waals surface area contributed by atoms with Crippen LogP contribution in [-0.4, -0.2) is 22.6 Å². The Bertz CT molecular complexity index is 550. The largest absolute Gasteiger partial charge is 0.444 e. The van der Waals surface area contributed by atoms with Crippen LogP contribution in [0.4, 0.5) is 4.79 Å². The van der Waals surface area contributed by atoms with Gasteiger partial charge in [0.15, 0.2) is 0 Å². The van der Waals surface area contributed by atoms with Gasteiger partial charge in [-0.3, -0.25) is 0 Å². The lowest BCUT2D eigenvalue weighted by atomic mass is 9.94. The Morgan fingerprint density at radius 3 is 2.57 bits per heavy atom. The van der Waals surface area contributed by atoms with E-state index in [9.17, 15) is 4.79 Å². The van der Waals surface area contributed by atoms with Crippen LogP contribution < -0.4 is 0 Å². The monoisotopic (exact) mass is 493 g/mol. The van der Waals surface area contributed by atoms with Crippen LogP contribution in [0.15, 0.2) is 22.7 Å². The summed E-state index contributed by atoms with van der Waals surface area (Å²) >= 11 is 5.86. The molecule has 1 aliphatic carbocycles. The number of ether oxygens (including phenoxy) is 1. The van der Waals surface area contributed by atoms with Crippen LogP contribution in [0.2, 0.25) is 0 Å². The fraction of sp³-hybridized carbons (Fsp3) is 0.611. The molecular weight excluding hydrogens is 469 g/mol. The van der Waals surface area contributed by atoms with Crippen molar-refractivity contribution < 1.29 is 9.53 Å². The number of nitrogens with zero attached hydrogens (tertiary/aromatic N) is 1. The maximum Gasteiger partial charge on any atom is 0.410 e. The molecular formula is C18H25BrINO2. The summed E-state index contributed by atoms with van der Waals surface area (Å²) in [5.74, 6) is 0. The van der Waals surface area contributed by atoms with E-state index in [-0.39, 0.29) is 12.1 Å². The van der Waals surface area contributed by atoms with Crippen LogP contribution in [0.25, 0.3) is 0 Å². The maximum absolute atomic E-state index is 12.7. The van der Waals surface area contributed by atoms with Gasteiger partial charge >= 0.3 is 6.09 Å². The molecule has 0 saturated heterocycles. The molecule has 128 valence electrons. The first-order valence-electron chi connectivity index (χ1n) is 8.20. The Labute approximate surface area is 161 Å². The smallest absolute Gasteiger partial charge is 0.410 e. The minimum Gasteiger partial charge on any atom is -0.444 e. The molecule has 0 aliphatic heterocycles. The molecule has 0 atom stereocenters. The molecule has 0 unspecified atom stereocenters. The molecule has 0 bridgehead atoms. The summed E-state index contributed by atoms with van der Waals surface area (Å²) in [7, 11) is 0. The minimum atomic E-state index is -0.464. The lowest BCUT2D eigenvalue weighted by Crippen LogP contribution is -2.43. The van der Waals surface area contributed by atoms with E-state index in [1.807, 2.05) is 31.7 Å². The van der Waals surface area contributed by atoms with E-state index in [1.54, 1.807) is 0 Å². The molecule has 23 heavy (non-hydrogen) atoms. The molecule has 1 saturated carbocycles. The zero-order valence-corrected chi connectivity index (χ0v) is 17.8. The van der Waals surface area contributed by atoms with Crippen molar-refractivity contribution in [1.29, 1.82) is 0 Å². The summed E-state index contributed by atoms with van der Waals surface area (Å²) in [6.45, 7) is 6.38. The Kier molecular flexibility index (Phi) is 6.77. The predicted octanol–water partition coefficient (Wildman–Crippen LogP) is 6.12. The van der Waals surface area contributed by atoms with Crippen molar-refractivity contribution in [3.63, 3.8) is 0 Å². The lowest BCUT2D eigenvalue weighted by Gasteiger charge is -2.36. The van der Waals surface area contributed by atoms with Gasteiger partial charge in [-0.2, -0.15) is 0 Å². The van der Waals surface area contributed by atoms with E-state index in [1.165, 1.54) is 22.8 Å². The van der Waals surface area contributed by atoms with Gasteiger partial charge in [0, 0.05) is 14.1 Å². The summed E-state index contributed by atoms with van der Waals surface area (Å²) in [5.41, 5.74) is 0.699. The van der Waals surface area contributed by atoms with Gasteiger partial charge in [-0.15, -0.1) is 0 Å². The molecule has 1 aliphatic rings. The van der Waals surface area contributed by atoms with Crippen LogP contribution in [0.1, 0.15) is 58.4 Å². The van der Waals surface area contributed by atoms with E-state index in [0.717, 1.165) is 22.9 Å². The second-order valence-corrected chi connectivity index (χ2v) is 9.21. The average Bonchev–Trinajstić information content (AvgIpc) is 2.47. The highest BCUT2D eigenvalue weighted by molar-refractivity contribution is 14.1. The van der Waals surface area contributed by atoms with Gasteiger partial charge in [0.1, 0.15) is 5.60 Å². The molecule has 5 heteroatoms. The molecule has 1 aromatic rings. The quantitative estimate of drug-likeness (QED) is 0.474. The number of hydrogen-bond donors (Lipinski definition) is 0.